The third-order valence-electron chi connectivity index (χ3n) is 16.0. The molecule has 0 spiro atoms. The van der Waals surface area contributed by atoms with E-state index >= 15 is 0 Å². The number of rotatable bonds is 66. The van der Waals surface area contributed by atoms with Gasteiger partial charge in [-0.1, -0.05) is 332 Å². The molecule has 0 rings (SSSR count). The third-order valence-corrected chi connectivity index (χ3v) is 16.0. The molecule has 6 nitrogen and oxygen atoms in total. The number of ether oxygens (including phenoxy) is 3. The summed E-state index contributed by atoms with van der Waals surface area (Å²) in [6.45, 7) is 6.66. The van der Waals surface area contributed by atoms with Crippen LogP contribution in [0.3, 0.4) is 0 Å². The molecule has 0 aromatic carbocycles. The fourth-order valence-electron chi connectivity index (χ4n) is 10.6. The lowest BCUT2D eigenvalue weighted by Gasteiger charge is -2.18. The van der Waals surface area contributed by atoms with E-state index in [1.165, 1.54) is 263 Å². The number of hydrogen-bond acceptors (Lipinski definition) is 6. The van der Waals surface area contributed by atoms with Crippen molar-refractivity contribution in [3.63, 3.8) is 0 Å². The van der Waals surface area contributed by atoms with E-state index in [-0.39, 0.29) is 31.1 Å². The summed E-state index contributed by atoms with van der Waals surface area (Å²) in [5, 5.41) is 0. The summed E-state index contributed by atoms with van der Waals surface area (Å²) in [6.07, 6.45) is 89.6. The second-order valence-electron chi connectivity index (χ2n) is 24.1. The zero-order valence-electron chi connectivity index (χ0n) is 54.3. The van der Waals surface area contributed by atoms with Gasteiger partial charge in [0.05, 0.1) is 0 Å². The van der Waals surface area contributed by atoms with Crippen LogP contribution in [0.2, 0.25) is 0 Å². The molecule has 0 aliphatic carbocycles. The molecule has 6 heteroatoms. The first-order valence-electron chi connectivity index (χ1n) is 35.8. The van der Waals surface area contributed by atoms with Gasteiger partial charge in [-0.15, -0.1) is 0 Å². The predicted octanol–water partition coefficient (Wildman–Crippen LogP) is 24.7. The maximum Gasteiger partial charge on any atom is 0.306 e. The molecule has 0 fully saturated rings. The second-order valence-corrected chi connectivity index (χ2v) is 24.1. The average Bonchev–Trinajstić information content (AvgIpc) is 3.47. The molecule has 0 saturated heterocycles. The van der Waals surface area contributed by atoms with Crippen LogP contribution in [-0.2, 0) is 28.6 Å². The van der Waals surface area contributed by atoms with Crippen LogP contribution < -0.4 is 0 Å². The van der Waals surface area contributed by atoms with Crippen molar-refractivity contribution in [2.24, 2.45) is 0 Å². The van der Waals surface area contributed by atoms with E-state index in [4.69, 9.17) is 14.2 Å². The van der Waals surface area contributed by atoms with Gasteiger partial charge in [-0.2, -0.15) is 0 Å². The van der Waals surface area contributed by atoms with Crippen molar-refractivity contribution in [2.75, 3.05) is 13.2 Å². The predicted molar refractivity (Wildman–Crippen MR) is 353 cm³/mol. The largest absolute Gasteiger partial charge is 0.462 e. The molecule has 1 unspecified atom stereocenters. The number of hydrogen-bond donors (Lipinski definition) is 0. The highest BCUT2D eigenvalue weighted by molar-refractivity contribution is 5.71. The number of carbonyl (C=O) groups is 3. The molecule has 0 N–H and O–H groups in total. The van der Waals surface area contributed by atoms with Gasteiger partial charge < -0.3 is 14.2 Å². The van der Waals surface area contributed by atoms with E-state index in [2.05, 4.69) is 81.5 Å². The van der Waals surface area contributed by atoms with Crippen LogP contribution in [0.5, 0.6) is 0 Å². The summed E-state index contributed by atoms with van der Waals surface area (Å²) in [6, 6.07) is 0. The first-order chi connectivity index (χ1) is 40.0. The number of allylic oxidation sites excluding steroid dienone is 10. The smallest absolute Gasteiger partial charge is 0.306 e. The molecular formula is C75H136O6. The van der Waals surface area contributed by atoms with E-state index in [1.807, 2.05) is 0 Å². The highest BCUT2D eigenvalue weighted by Crippen LogP contribution is 2.18. The maximum atomic E-state index is 12.9. The molecule has 0 saturated carbocycles. The van der Waals surface area contributed by atoms with Crippen molar-refractivity contribution in [3.05, 3.63) is 60.8 Å². The van der Waals surface area contributed by atoms with Crippen LogP contribution in [0.4, 0.5) is 0 Å². The minimum absolute atomic E-state index is 0.0712. The zero-order valence-corrected chi connectivity index (χ0v) is 54.3. The highest BCUT2D eigenvalue weighted by Gasteiger charge is 2.19. The van der Waals surface area contributed by atoms with Gasteiger partial charge in [0.2, 0.25) is 0 Å². The van der Waals surface area contributed by atoms with Crippen molar-refractivity contribution in [1.82, 2.24) is 0 Å². The Hall–Kier alpha value is -2.89. The molecule has 472 valence electrons. The van der Waals surface area contributed by atoms with Gasteiger partial charge in [-0.05, 0) is 89.9 Å². The average molecular weight is 1130 g/mol. The van der Waals surface area contributed by atoms with Crippen LogP contribution >= 0.6 is 0 Å². The van der Waals surface area contributed by atoms with E-state index in [9.17, 15) is 14.4 Å². The first kappa shape index (κ1) is 78.1. The second kappa shape index (κ2) is 69.6. The molecule has 0 aliphatic heterocycles. The lowest BCUT2D eigenvalue weighted by Crippen LogP contribution is -2.30. The molecule has 0 aromatic heterocycles. The van der Waals surface area contributed by atoms with Crippen LogP contribution in [-0.4, -0.2) is 37.2 Å². The fourth-order valence-corrected chi connectivity index (χ4v) is 10.6. The minimum Gasteiger partial charge on any atom is -0.462 e. The van der Waals surface area contributed by atoms with Gasteiger partial charge in [0.15, 0.2) is 6.10 Å². The summed E-state index contributed by atoms with van der Waals surface area (Å²) >= 11 is 0. The Balaban J connectivity index is 4.25. The molecular weight excluding hydrogens is 997 g/mol. The summed E-state index contributed by atoms with van der Waals surface area (Å²) in [5.41, 5.74) is 0. The Bertz CT molecular complexity index is 1440. The van der Waals surface area contributed by atoms with Crippen LogP contribution in [0.1, 0.15) is 380 Å². The minimum atomic E-state index is -0.776. The normalized spacial score (nSPS) is 12.4. The van der Waals surface area contributed by atoms with Crippen LogP contribution in [0.15, 0.2) is 60.8 Å². The Labute approximate surface area is 504 Å². The number of carbonyl (C=O) groups excluding carboxylic acids is 3. The first-order valence-corrected chi connectivity index (χ1v) is 35.8. The van der Waals surface area contributed by atoms with Crippen molar-refractivity contribution in [2.45, 2.75) is 386 Å². The van der Waals surface area contributed by atoms with Gasteiger partial charge in [-0.3, -0.25) is 14.4 Å². The number of esters is 3. The Morgan fingerprint density at radius 2 is 0.444 bits per heavy atom. The lowest BCUT2D eigenvalue weighted by atomic mass is 10.0. The zero-order chi connectivity index (χ0) is 58.5. The summed E-state index contributed by atoms with van der Waals surface area (Å²) in [4.78, 5) is 38.5. The summed E-state index contributed by atoms with van der Waals surface area (Å²) < 4.78 is 17.0. The molecule has 0 heterocycles. The van der Waals surface area contributed by atoms with Gasteiger partial charge >= 0.3 is 17.9 Å². The molecule has 81 heavy (non-hydrogen) atoms. The van der Waals surface area contributed by atoms with Crippen molar-refractivity contribution in [3.8, 4) is 0 Å². The van der Waals surface area contributed by atoms with Crippen LogP contribution in [0.25, 0.3) is 0 Å². The van der Waals surface area contributed by atoms with Gasteiger partial charge in [0.25, 0.3) is 0 Å². The SMILES string of the molecule is CCCCC/C=C\C/C=C\CCCCCCCCCCCC(=O)OC(COC(=O)CCCCCCCCCCCCCCCCC)COC(=O)CCCCCCCCCCCCCCCC/C=C\C/C=C\C/C=C\CCCCCCC. The molecule has 0 aliphatic rings. The maximum absolute atomic E-state index is 12.9. The highest BCUT2D eigenvalue weighted by atomic mass is 16.6. The lowest BCUT2D eigenvalue weighted by molar-refractivity contribution is -0.167. The molecule has 0 aromatic rings. The topological polar surface area (TPSA) is 78.9 Å². The molecule has 1 atom stereocenters. The van der Waals surface area contributed by atoms with E-state index in [0.29, 0.717) is 19.3 Å². The molecule has 0 bridgehead atoms. The Morgan fingerprint density at radius 1 is 0.247 bits per heavy atom. The van der Waals surface area contributed by atoms with Crippen molar-refractivity contribution >= 4 is 17.9 Å². The molecule has 0 radical (unpaired) electrons. The third kappa shape index (κ3) is 67.8. The van der Waals surface area contributed by atoms with Crippen molar-refractivity contribution < 1.29 is 28.6 Å². The van der Waals surface area contributed by atoms with E-state index in [0.717, 1.165) is 77.0 Å². The Kier molecular flexibility index (Phi) is 67.1. The van der Waals surface area contributed by atoms with Gasteiger partial charge in [0, 0.05) is 19.3 Å². The summed E-state index contributed by atoms with van der Waals surface area (Å²) in [5.74, 6) is -0.851. The van der Waals surface area contributed by atoms with E-state index < -0.39 is 6.10 Å². The molecule has 0 amide bonds. The summed E-state index contributed by atoms with van der Waals surface area (Å²) in [7, 11) is 0. The number of unbranched alkanes of at least 4 members (excludes halogenated alkanes) is 45. The van der Waals surface area contributed by atoms with Crippen LogP contribution in [0, 0.1) is 0 Å². The van der Waals surface area contributed by atoms with Crippen molar-refractivity contribution in [1.29, 1.82) is 0 Å². The quantitative estimate of drug-likeness (QED) is 0.0261. The van der Waals surface area contributed by atoms with Gasteiger partial charge in [0.1, 0.15) is 13.2 Å². The van der Waals surface area contributed by atoms with E-state index in [1.54, 1.807) is 0 Å². The fraction of sp³-hybridized carbons (Fsp3) is 0.827. The Morgan fingerprint density at radius 3 is 0.716 bits per heavy atom. The van der Waals surface area contributed by atoms with Gasteiger partial charge in [-0.25, -0.2) is 0 Å². The standard InChI is InChI=1S/C75H136O6/c1-4-7-10-13-16-19-22-25-28-30-32-33-34-35-36-37-38-39-40-41-43-44-47-50-53-56-59-62-65-68-74(77)80-71-72(70-79-73(76)67-64-61-58-55-52-49-46-27-24-21-18-15-12-9-6-3)81-75(78)69-66-63-60-57-54-51-48-45-42-31-29-26-23-20-17-14-11-8-5-2/h17,20,22,25-26,29-30,32,34-35,72H,4-16,18-19,21,23-24,27-28,31,33,36-71H2,1-3H3/b20-17-,25-22-,29-26-,32-30-,35-34-. The monoisotopic (exact) mass is 1130 g/mol.